The maximum atomic E-state index is 11.5. The van der Waals surface area contributed by atoms with Crippen LogP contribution < -0.4 is 0 Å². The predicted octanol–water partition coefficient (Wildman–Crippen LogP) is 1.75. The van der Waals surface area contributed by atoms with E-state index in [1.54, 1.807) is 11.8 Å². The van der Waals surface area contributed by atoms with Gasteiger partial charge in [-0.15, -0.1) is 0 Å². The van der Waals surface area contributed by atoms with Crippen molar-refractivity contribution in [3.63, 3.8) is 0 Å². The number of hydrogen-bond donors (Lipinski definition) is 0. The summed E-state index contributed by atoms with van der Waals surface area (Å²) in [5, 5.41) is 0. The van der Waals surface area contributed by atoms with E-state index < -0.39 is 0 Å². The average molecular weight is 187 g/mol. The molecule has 0 N–H and O–H groups in total. The molecular formula is C9H17NOS. The molecule has 1 saturated heterocycles. The molecule has 0 radical (unpaired) electrons. The van der Waals surface area contributed by atoms with Crippen LogP contribution in [0.25, 0.3) is 0 Å². The van der Waals surface area contributed by atoms with Crippen molar-refractivity contribution in [2.45, 2.75) is 32.7 Å². The van der Waals surface area contributed by atoms with E-state index in [1.807, 2.05) is 4.90 Å². The van der Waals surface area contributed by atoms with E-state index in [4.69, 9.17) is 0 Å². The monoisotopic (exact) mass is 187 g/mol. The van der Waals surface area contributed by atoms with Crippen molar-refractivity contribution < 1.29 is 4.79 Å². The molecule has 0 aromatic rings. The third kappa shape index (κ3) is 1.94. The number of rotatable bonds is 2. The fourth-order valence-electron chi connectivity index (χ4n) is 1.35. The number of carbonyl (C=O) groups excluding carboxylic acids is 1. The largest absolute Gasteiger partial charge is 0.336 e. The highest BCUT2D eigenvalue weighted by Gasteiger charge is 2.30. The first kappa shape index (κ1) is 9.90. The normalized spacial score (nSPS) is 19.9. The van der Waals surface area contributed by atoms with Crippen molar-refractivity contribution in [1.29, 1.82) is 0 Å². The van der Waals surface area contributed by atoms with Crippen LogP contribution in [0.2, 0.25) is 0 Å². The Kier molecular flexibility index (Phi) is 3.04. The highest BCUT2D eigenvalue weighted by atomic mass is 32.2. The second-order valence-electron chi connectivity index (χ2n) is 3.76. The molecule has 0 aliphatic carbocycles. The molecule has 1 rings (SSSR count). The molecule has 0 aromatic carbocycles. The van der Waals surface area contributed by atoms with Gasteiger partial charge in [0.2, 0.25) is 5.91 Å². The van der Waals surface area contributed by atoms with Crippen LogP contribution in [0.5, 0.6) is 0 Å². The van der Waals surface area contributed by atoms with E-state index in [2.05, 4.69) is 20.8 Å². The van der Waals surface area contributed by atoms with Gasteiger partial charge in [0, 0.05) is 17.8 Å². The van der Waals surface area contributed by atoms with Crippen molar-refractivity contribution in [3.05, 3.63) is 0 Å². The molecule has 1 aliphatic heterocycles. The van der Waals surface area contributed by atoms with Gasteiger partial charge in [-0.1, -0.05) is 6.92 Å². The molecule has 12 heavy (non-hydrogen) atoms. The Bertz CT molecular complexity index is 179. The molecule has 1 aliphatic rings. The summed E-state index contributed by atoms with van der Waals surface area (Å²) in [5.74, 6) is 2.07. The molecule has 0 saturated carbocycles. The standard InChI is InChI=1S/C9H17NOS/c1-4-9(2,3)10-5-6-12-7-8(10)11/h4-7H2,1-3H3. The summed E-state index contributed by atoms with van der Waals surface area (Å²) in [6, 6.07) is 0. The number of nitrogens with zero attached hydrogens (tertiary/aromatic N) is 1. The van der Waals surface area contributed by atoms with E-state index in [0.29, 0.717) is 11.7 Å². The molecule has 0 bridgehead atoms. The Morgan fingerprint density at radius 3 is 2.75 bits per heavy atom. The van der Waals surface area contributed by atoms with Crippen LogP contribution in [0.15, 0.2) is 0 Å². The molecule has 2 nitrogen and oxygen atoms in total. The topological polar surface area (TPSA) is 20.3 Å². The van der Waals surface area contributed by atoms with Crippen molar-refractivity contribution in [2.24, 2.45) is 0 Å². The van der Waals surface area contributed by atoms with Crippen molar-refractivity contribution in [1.82, 2.24) is 4.90 Å². The van der Waals surface area contributed by atoms with Crippen LogP contribution in [-0.4, -0.2) is 34.4 Å². The predicted molar refractivity (Wildman–Crippen MR) is 53.4 cm³/mol. The molecular weight excluding hydrogens is 170 g/mol. The number of amides is 1. The molecule has 0 aromatic heterocycles. The van der Waals surface area contributed by atoms with Crippen molar-refractivity contribution >= 4 is 17.7 Å². The average Bonchev–Trinajstić information content (AvgIpc) is 2.05. The van der Waals surface area contributed by atoms with E-state index >= 15 is 0 Å². The zero-order valence-electron chi connectivity index (χ0n) is 8.09. The van der Waals surface area contributed by atoms with Gasteiger partial charge in [0.25, 0.3) is 0 Å². The Morgan fingerprint density at radius 1 is 1.58 bits per heavy atom. The lowest BCUT2D eigenvalue weighted by Gasteiger charge is -2.40. The van der Waals surface area contributed by atoms with Crippen LogP contribution in [0.1, 0.15) is 27.2 Å². The zero-order valence-corrected chi connectivity index (χ0v) is 8.91. The molecule has 1 fully saturated rings. The number of hydrogen-bond acceptors (Lipinski definition) is 2. The number of carbonyl (C=O) groups is 1. The van der Waals surface area contributed by atoms with E-state index in [-0.39, 0.29) is 5.54 Å². The van der Waals surface area contributed by atoms with E-state index in [1.165, 1.54) is 0 Å². The fraction of sp³-hybridized carbons (Fsp3) is 0.889. The minimum atomic E-state index is 0.0536. The van der Waals surface area contributed by atoms with Crippen molar-refractivity contribution in [2.75, 3.05) is 18.1 Å². The zero-order chi connectivity index (χ0) is 9.19. The lowest BCUT2D eigenvalue weighted by atomic mass is 9.99. The van der Waals surface area contributed by atoms with Crippen molar-refractivity contribution in [3.8, 4) is 0 Å². The second-order valence-corrected chi connectivity index (χ2v) is 4.87. The maximum Gasteiger partial charge on any atom is 0.233 e. The van der Waals surface area contributed by atoms with Gasteiger partial charge in [0.1, 0.15) is 0 Å². The van der Waals surface area contributed by atoms with Gasteiger partial charge in [0.05, 0.1) is 5.75 Å². The first-order valence-corrected chi connectivity index (χ1v) is 5.61. The highest BCUT2D eigenvalue weighted by Crippen LogP contribution is 2.23. The SMILES string of the molecule is CCC(C)(C)N1CCSCC1=O. The quantitative estimate of drug-likeness (QED) is 0.656. The first-order chi connectivity index (χ1) is 5.58. The second kappa shape index (κ2) is 3.69. The fourth-order valence-corrected chi connectivity index (χ4v) is 2.14. The molecule has 70 valence electrons. The minimum absolute atomic E-state index is 0.0536. The van der Waals surface area contributed by atoms with E-state index in [0.717, 1.165) is 18.7 Å². The summed E-state index contributed by atoms with van der Waals surface area (Å²) in [7, 11) is 0. The van der Waals surface area contributed by atoms with Gasteiger partial charge in [-0.05, 0) is 20.3 Å². The summed E-state index contributed by atoms with van der Waals surface area (Å²) < 4.78 is 0. The van der Waals surface area contributed by atoms with Gasteiger partial charge in [-0.2, -0.15) is 11.8 Å². The Labute approximate surface area is 78.7 Å². The van der Waals surface area contributed by atoms with Gasteiger partial charge >= 0.3 is 0 Å². The smallest absolute Gasteiger partial charge is 0.233 e. The van der Waals surface area contributed by atoms with Gasteiger partial charge in [-0.3, -0.25) is 4.79 Å². The summed E-state index contributed by atoms with van der Waals surface area (Å²) >= 11 is 1.74. The first-order valence-electron chi connectivity index (χ1n) is 4.46. The summed E-state index contributed by atoms with van der Waals surface area (Å²) in [5.41, 5.74) is 0.0536. The number of thioether (sulfide) groups is 1. The highest BCUT2D eigenvalue weighted by molar-refractivity contribution is 8.00. The Morgan fingerprint density at radius 2 is 2.25 bits per heavy atom. The minimum Gasteiger partial charge on any atom is -0.336 e. The van der Waals surface area contributed by atoms with Crippen LogP contribution in [0, 0.1) is 0 Å². The Hall–Kier alpha value is -0.180. The summed E-state index contributed by atoms with van der Waals surface area (Å²) in [6.07, 6.45) is 1.03. The van der Waals surface area contributed by atoms with Crippen LogP contribution in [0.3, 0.4) is 0 Å². The third-order valence-electron chi connectivity index (χ3n) is 2.58. The molecule has 0 atom stereocenters. The van der Waals surface area contributed by atoms with Gasteiger partial charge in [0.15, 0.2) is 0 Å². The summed E-state index contributed by atoms with van der Waals surface area (Å²) in [4.78, 5) is 13.5. The maximum absolute atomic E-state index is 11.5. The van der Waals surface area contributed by atoms with Gasteiger partial charge < -0.3 is 4.90 Å². The molecule has 0 unspecified atom stereocenters. The lowest BCUT2D eigenvalue weighted by molar-refractivity contribution is -0.133. The molecule has 1 heterocycles. The van der Waals surface area contributed by atoms with Gasteiger partial charge in [-0.25, -0.2) is 0 Å². The lowest BCUT2D eigenvalue weighted by Crippen LogP contribution is -2.51. The van der Waals surface area contributed by atoms with Crippen LogP contribution in [0.4, 0.5) is 0 Å². The third-order valence-corrected chi connectivity index (χ3v) is 3.50. The molecule has 3 heteroatoms. The van der Waals surface area contributed by atoms with Crippen LogP contribution in [-0.2, 0) is 4.79 Å². The molecule has 0 spiro atoms. The summed E-state index contributed by atoms with van der Waals surface area (Å²) in [6.45, 7) is 7.33. The van der Waals surface area contributed by atoms with Crippen LogP contribution >= 0.6 is 11.8 Å². The van der Waals surface area contributed by atoms with E-state index in [9.17, 15) is 4.79 Å². The molecule has 1 amide bonds. The Balaban J connectivity index is 2.65.